The standard InChI is InChI=1S/C21H23N3O4/c1-3-28-21(27)18-13-19(24(23-18)16-9-5-4-6-10-16)20(26)22-14(2)15-8-7-11-17(25)12-15/h4-12,14,19,25H,3,13H2,1-2H3,(H,22,26). The van der Waals surface area contributed by atoms with E-state index in [1.165, 1.54) is 0 Å². The Balaban J connectivity index is 1.80. The minimum atomic E-state index is -0.665. The number of hydrazone groups is 1. The predicted molar refractivity (Wildman–Crippen MR) is 106 cm³/mol. The Labute approximate surface area is 163 Å². The molecular formula is C21H23N3O4. The number of phenols is 1. The van der Waals surface area contributed by atoms with E-state index >= 15 is 0 Å². The third-order valence-corrected chi connectivity index (χ3v) is 4.47. The zero-order valence-electron chi connectivity index (χ0n) is 15.8. The van der Waals surface area contributed by atoms with E-state index in [2.05, 4.69) is 10.4 Å². The van der Waals surface area contributed by atoms with Crippen LogP contribution in [0.4, 0.5) is 5.69 Å². The van der Waals surface area contributed by atoms with Gasteiger partial charge in [-0.25, -0.2) is 4.79 Å². The molecule has 0 aliphatic carbocycles. The van der Waals surface area contributed by atoms with Crippen LogP contribution in [0.25, 0.3) is 0 Å². The Morgan fingerprint density at radius 2 is 2.00 bits per heavy atom. The number of rotatable bonds is 6. The summed E-state index contributed by atoms with van der Waals surface area (Å²) in [5, 5.41) is 18.5. The van der Waals surface area contributed by atoms with Crippen LogP contribution in [0.2, 0.25) is 0 Å². The number of hydrogen-bond acceptors (Lipinski definition) is 6. The van der Waals surface area contributed by atoms with Crippen molar-refractivity contribution in [2.45, 2.75) is 32.4 Å². The summed E-state index contributed by atoms with van der Waals surface area (Å²) in [6.07, 6.45) is 0.159. The first-order valence-corrected chi connectivity index (χ1v) is 9.17. The molecule has 2 aromatic rings. The highest BCUT2D eigenvalue weighted by Crippen LogP contribution is 2.26. The van der Waals surface area contributed by atoms with Crippen molar-refractivity contribution < 1.29 is 19.4 Å². The molecular weight excluding hydrogens is 358 g/mol. The van der Waals surface area contributed by atoms with Crippen LogP contribution >= 0.6 is 0 Å². The van der Waals surface area contributed by atoms with Crippen molar-refractivity contribution in [2.24, 2.45) is 5.10 Å². The number of hydrogen-bond donors (Lipinski definition) is 2. The lowest BCUT2D eigenvalue weighted by Gasteiger charge is -2.24. The van der Waals surface area contributed by atoms with Gasteiger partial charge in [0.1, 0.15) is 17.5 Å². The highest BCUT2D eigenvalue weighted by atomic mass is 16.5. The van der Waals surface area contributed by atoms with Gasteiger partial charge in [0, 0.05) is 6.42 Å². The van der Waals surface area contributed by atoms with Gasteiger partial charge in [-0.1, -0.05) is 30.3 Å². The second kappa shape index (κ2) is 8.56. The number of esters is 1. The first-order chi connectivity index (χ1) is 13.5. The number of nitrogens with one attached hydrogen (secondary N) is 1. The molecule has 0 saturated heterocycles. The van der Waals surface area contributed by atoms with Crippen molar-refractivity contribution in [3.8, 4) is 5.75 Å². The Bertz CT molecular complexity index is 882. The van der Waals surface area contributed by atoms with Gasteiger partial charge < -0.3 is 15.2 Å². The Hall–Kier alpha value is -3.35. The summed E-state index contributed by atoms with van der Waals surface area (Å²) in [5.74, 6) is -0.638. The van der Waals surface area contributed by atoms with Crippen molar-refractivity contribution >= 4 is 23.3 Å². The average Bonchev–Trinajstić information content (AvgIpc) is 3.14. The molecule has 7 heteroatoms. The molecule has 7 nitrogen and oxygen atoms in total. The molecule has 28 heavy (non-hydrogen) atoms. The van der Waals surface area contributed by atoms with Crippen LogP contribution < -0.4 is 10.3 Å². The second-order valence-electron chi connectivity index (χ2n) is 6.49. The van der Waals surface area contributed by atoms with Crippen molar-refractivity contribution in [3.63, 3.8) is 0 Å². The maximum atomic E-state index is 13.0. The van der Waals surface area contributed by atoms with Crippen LogP contribution in [0.5, 0.6) is 5.75 Å². The molecule has 0 fully saturated rings. The lowest BCUT2D eigenvalue weighted by molar-refractivity contribution is -0.135. The van der Waals surface area contributed by atoms with Crippen molar-refractivity contribution in [1.82, 2.24) is 5.32 Å². The number of ether oxygens (including phenoxy) is 1. The molecule has 0 spiro atoms. The Kier molecular flexibility index (Phi) is 5.93. The molecule has 0 aromatic heterocycles. The van der Waals surface area contributed by atoms with Crippen molar-refractivity contribution in [1.29, 1.82) is 0 Å². The van der Waals surface area contributed by atoms with E-state index < -0.39 is 12.0 Å². The van der Waals surface area contributed by atoms with E-state index in [9.17, 15) is 14.7 Å². The largest absolute Gasteiger partial charge is 0.508 e. The fraction of sp³-hybridized carbons (Fsp3) is 0.286. The fourth-order valence-electron chi connectivity index (χ4n) is 3.06. The number of carbonyl (C=O) groups excluding carboxylic acids is 2. The number of aromatic hydroxyl groups is 1. The lowest BCUT2D eigenvalue weighted by Crippen LogP contribution is -2.43. The summed E-state index contributed by atoms with van der Waals surface area (Å²) in [6.45, 7) is 3.81. The molecule has 0 bridgehead atoms. The molecule has 3 rings (SSSR count). The molecule has 1 aliphatic heterocycles. The van der Waals surface area contributed by atoms with Crippen molar-refractivity contribution in [3.05, 3.63) is 60.2 Å². The number of benzene rings is 2. The summed E-state index contributed by atoms with van der Waals surface area (Å²) >= 11 is 0. The second-order valence-corrected chi connectivity index (χ2v) is 6.49. The van der Waals surface area contributed by atoms with Gasteiger partial charge in [0.2, 0.25) is 5.91 Å². The smallest absolute Gasteiger partial charge is 0.354 e. The number of carbonyl (C=O) groups is 2. The van der Waals surface area contributed by atoms with Gasteiger partial charge in [-0.2, -0.15) is 5.10 Å². The SMILES string of the molecule is CCOC(=O)C1=NN(c2ccccc2)C(C(=O)NC(C)c2cccc(O)c2)C1. The highest BCUT2D eigenvalue weighted by molar-refractivity contribution is 6.38. The molecule has 2 N–H and O–H groups in total. The number of para-hydroxylation sites is 1. The van der Waals surface area contributed by atoms with Gasteiger partial charge in [-0.15, -0.1) is 0 Å². The van der Waals surface area contributed by atoms with Crippen LogP contribution in [0.1, 0.15) is 31.9 Å². The zero-order valence-corrected chi connectivity index (χ0v) is 15.8. The zero-order chi connectivity index (χ0) is 20.1. The molecule has 1 heterocycles. The fourth-order valence-corrected chi connectivity index (χ4v) is 3.06. The van der Waals surface area contributed by atoms with E-state index in [-0.39, 0.29) is 36.4 Å². The highest BCUT2D eigenvalue weighted by Gasteiger charge is 2.37. The molecule has 2 atom stereocenters. The molecule has 2 aromatic carbocycles. The van der Waals surface area contributed by atoms with Crippen LogP contribution in [-0.4, -0.2) is 35.3 Å². The first-order valence-electron chi connectivity index (χ1n) is 9.17. The molecule has 1 amide bonds. The monoisotopic (exact) mass is 381 g/mol. The third kappa shape index (κ3) is 4.31. The van der Waals surface area contributed by atoms with E-state index in [1.54, 1.807) is 30.1 Å². The third-order valence-electron chi connectivity index (χ3n) is 4.47. The summed E-state index contributed by atoms with van der Waals surface area (Å²) < 4.78 is 5.05. The van der Waals surface area contributed by atoms with Gasteiger partial charge in [-0.3, -0.25) is 9.80 Å². The lowest BCUT2D eigenvalue weighted by atomic mass is 10.1. The van der Waals surface area contributed by atoms with Gasteiger partial charge in [-0.05, 0) is 43.7 Å². The minimum Gasteiger partial charge on any atom is -0.508 e. The van der Waals surface area contributed by atoms with Crippen LogP contribution in [0, 0.1) is 0 Å². The van der Waals surface area contributed by atoms with Crippen LogP contribution in [0.15, 0.2) is 59.7 Å². The quantitative estimate of drug-likeness (QED) is 0.751. The number of phenolic OH excluding ortho intramolecular Hbond substituents is 1. The van der Waals surface area contributed by atoms with Crippen LogP contribution in [-0.2, 0) is 14.3 Å². The van der Waals surface area contributed by atoms with Crippen LogP contribution in [0.3, 0.4) is 0 Å². The predicted octanol–water partition coefficient (Wildman–Crippen LogP) is 2.77. The maximum Gasteiger partial charge on any atom is 0.354 e. The minimum absolute atomic E-state index is 0.137. The van der Waals surface area contributed by atoms with Gasteiger partial charge in [0.05, 0.1) is 18.3 Å². The first kappa shape index (κ1) is 19.4. The molecule has 146 valence electrons. The van der Waals surface area contributed by atoms with Gasteiger partial charge in [0.15, 0.2) is 0 Å². The van der Waals surface area contributed by atoms with Gasteiger partial charge >= 0.3 is 5.97 Å². The van der Waals surface area contributed by atoms with Crippen molar-refractivity contribution in [2.75, 3.05) is 11.6 Å². The summed E-state index contributed by atoms with van der Waals surface area (Å²) in [6, 6.07) is 15.0. The van der Waals surface area contributed by atoms with Gasteiger partial charge in [0.25, 0.3) is 0 Å². The summed E-state index contributed by atoms with van der Waals surface area (Å²) in [5.41, 5.74) is 1.71. The topological polar surface area (TPSA) is 91.2 Å². The van der Waals surface area contributed by atoms with E-state index in [0.29, 0.717) is 5.69 Å². The molecule has 0 radical (unpaired) electrons. The molecule has 0 saturated carbocycles. The van der Waals surface area contributed by atoms with E-state index in [1.807, 2.05) is 43.3 Å². The summed E-state index contributed by atoms with van der Waals surface area (Å²) in [4.78, 5) is 25.1. The Morgan fingerprint density at radius 1 is 1.25 bits per heavy atom. The number of nitrogens with zero attached hydrogens (tertiary/aromatic N) is 2. The van der Waals surface area contributed by atoms with E-state index in [0.717, 1.165) is 5.56 Å². The number of anilines is 1. The maximum absolute atomic E-state index is 13.0. The summed E-state index contributed by atoms with van der Waals surface area (Å²) in [7, 11) is 0. The number of amides is 1. The molecule has 2 unspecified atom stereocenters. The van der Waals surface area contributed by atoms with E-state index in [4.69, 9.17) is 4.74 Å². The Morgan fingerprint density at radius 3 is 2.68 bits per heavy atom. The normalized spacial score (nSPS) is 17.0. The average molecular weight is 381 g/mol. The molecule has 1 aliphatic rings.